The largest absolute Gasteiger partial charge is 0.440 e. The molecule has 19 heavy (non-hydrogen) atoms. The van der Waals surface area contributed by atoms with Gasteiger partial charge in [-0.05, 0) is 49.9 Å². The maximum atomic E-state index is 12.1. The van der Waals surface area contributed by atoms with E-state index < -0.39 is 11.9 Å². The summed E-state index contributed by atoms with van der Waals surface area (Å²) in [5.74, 6) is -0.362. The lowest BCUT2D eigenvalue weighted by molar-refractivity contribution is -0.133. The molecule has 5 nitrogen and oxygen atoms in total. The Morgan fingerprint density at radius 1 is 1.32 bits per heavy atom. The number of carbonyl (C=O) groups is 2. The van der Waals surface area contributed by atoms with Gasteiger partial charge in [0, 0.05) is 13.1 Å². The second-order valence-corrected chi connectivity index (χ2v) is 5.06. The topological polar surface area (TPSA) is 62.6 Å². The third-order valence-corrected chi connectivity index (χ3v) is 3.39. The van der Waals surface area contributed by atoms with Crippen LogP contribution in [-0.2, 0) is 4.79 Å². The van der Waals surface area contributed by atoms with Crippen LogP contribution < -0.4 is 5.32 Å². The van der Waals surface area contributed by atoms with E-state index in [9.17, 15) is 9.59 Å². The van der Waals surface area contributed by atoms with E-state index in [2.05, 4.69) is 5.32 Å². The summed E-state index contributed by atoms with van der Waals surface area (Å²) in [7, 11) is 0. The molecule has 0 spiro atoms. The van der Waals surface area contributed by atoms with Gasteiger partial charge in [-0.25, -0.2) is 0 Å². The summed E-state index contributed by atoms with van der Waals surface area (Å²) in [6.45, 7) is 3.22. The Balaban J connectivity index is 1.91. The van der Waals surface area contributed by atoms with Crippen LogP contribution in [-0.4, -0.2) is 35.8 Å². The van der Waals surface area contributed by atoms with Crippen LogP contribution in [0.3, 0.4) is 0 Å². The summed E-state index contributed by atoms with van der Waals surface area (Å²) < 4.78 is 5.00. The molecule has 104 valence electrons. The molecule has 1 unspecified atom stereocenters. The van der Waals surface area contributed by atoms with Crippen molar-refractivity contribution in [3.05, 3.63) is 23.1 Å². The van der Waals surface area contributed by atoms with Gasteiger partial charge in [-0.15, -0.1) is 0 Å². The Bertz CT molecular complexity index is 466. The van der Waals surface area contributed by atoms with Crippen molar-refractivity contribution in [1.29, 1.82) is 0 Å². The van der Waals surface area contributed by atoms with E-state index in [-0.39, 0.29) is 16.9 Å². The number of furan rings is 1. The molecule has 1 fully saturated rings. The number of nitrogens with one attached hydrogen (secondary N) is 1. The monoisotopic (exact) mass is 284 g/mol. The highest BCUT2D eigenvalue weighted by Gasteiger charge is 2.24. The van der Waals surface area contributed by atoms with E-state index in [4.69, 9.17) is 16.0 Å². The Morgan fingerprint density at radius 2 is 2.00 bits per heavy atom. The number of carbonyl (C=O) groups excluding carboxylic acids is 2. The summed E-state index contributed by atoms with van der Waals surface area (Å²) in [6.07, 6.45) is 3.22. The average molecular weight is 285 g/mol. The first-order valence-corrected chi connectivity index (χ1v) is 6.80. The molecule has 1 N–H and O–H groups in total. The Morgan fingerprint density at radius 3 is 2.58 bits per heavy atom. The lowest BCUT2D eigenvalue weighted by atomic mass is 10.1. The minimum Gasteiger partial charge on any atom is -0.440 e. The minimum absolute atomic E-state index is 0.0503. The van der Waals surface area contributed by atoms with Gasteiger partial charge < -0.3 is 14.6 Å². The van der Waals surface area contributed by atoms with Crippen molar-refractivity contribution >= 4 is 23.4 Å². The normalized spacial score (nSPS) is 17.1. The van der Waals surface area contributed by atoms with Crippen LogP contribution in [0.25, 0.3) is 0 Å². The highest BCUT2D eigenvalue weighted by Crippen LogP contribution is 2.14. The number of halogens is 1. The molecule has 0 saturated carbocycles. The first-order valence-electron chi connectivity index (χ1n) is 6.43. The van der Waals surface area contributed by atoms with Gasteiger partial charge in [0.25, 0.3) is 5.91 Å². The summed E-state index contributed by atoms with van der Waals surface area (Å²) in [6, 6.07) is 2.41. The Labute approximate surface area is 116 Å². The van der Waals surface area contributed by atoms with Crippen LogP contribution in [0.15, 0.2) is 16.5 Å². The van der Waals surface area contributed by atoms with E-state index in [1.165, 1.54) is 12.1 Å². The van der Waals surface area contributed by atoms with Crippen molar-refractivity contribution < 1.29 is 14.0 Å². The third kappa shape index (κ3) is 3.50. The van der Waals surface area contributed by atoms with Crippen molar-refractivity contribution in [3.8, 4) is 0 Å². The molecule has 2 rings (SSSR count). The van der Waals surface area contributed by atoms with Gasteiger partial charge >= 0.3 is 0 Å². The molecule has 1 aliphatic heterocycles. The van der Waals surface area contributed by atoms with Gasteiger partial charge in [0.1, 0.15) is 6.04 Å². The quantitative estimate of drug-likeness (QED) is 0.924. The maximum Gasteiger partial charge on any atom is 0.287 e. The molecular formula is C13H17ClN2O3. The van der Waals surface area contributed by atoms with Crippen LogP contribution in [0.4, 0.5) is 0 Å². The zero-order chi connectivity index (χ0) is 13.8. The van der Waals surface area contributed by atoms with Crippen molar-refractivity contribution in [2.75, 3.05) is 13.1 Å². The Hall–Kier alpha value is -1.49. The van der Waals surface area contributed by atoms with Crippen LogP contribution in [0, 0.1) is 0 Å². The number of hydrogen-bond donors (Lipinski definition) is 1. The first kappa shape index (κ1) is 13.9. The molecule has 1 aromatic rings. The van der Waals surface area contributed by atoms with Crippen LogP contribution in [0.5, 0.6) is 0 Å². The summed E-state index contributed by atoms with van der Waals surface area (Å²) in [4.78, 5) is 25.7. The minimum atomic E-state index is -0.561. The number of hydrogen-bond acceptors (Lipinski definition) is 3. The predicted molar refractivity (Wildman–Crippen MR) is 71.1 cm³/mol. The maximum absolute atomic E-state index is 12.1. The lowest BCUT2D eigenvalue weighted by Gasteiger charge is -2.29. The number of rotatable bonds is 3. The summed E-state index contributed by atoms with van der Waals surface area (Å²) in [5, 5.41) is 2.78. The fourth-order valence-electron chi connectivity index (χ4n) is 2.15. The molecule has 2 heterocycles. The van der Waals surface area contributed by atoms with Gasteiger partial charge in [0.05, 0.1) is 0 Å². The molecule has 1 aromatic heterocycles. The fraction of sp³-hybridized carbons (Fsp3) is 0.538. The van der Waals surface area contributed by atoms with Gasteiger partial charge in [0.2, 0.25) is 5.91 Å². The number of piperidine rings is 1. The number of amides is 2. The molecule has 0 bridgehead atoms. The van der Waals surface area contributed by atoms with E-state index in [1.807, 2.05) is 0 Å². The summed E-state index contributed by atoms with van der Waals surface area (Å²) >= 11 is 5.60. The predicted octanol–water partition coefficient (Wildman–Crippen LogP) is 2.06. The SMILES string of the molecule is CC(NC(=O)c1ccc(Cl)o1)C(=O)N1CCCCC1. The molecule has 0 radical (unpaired) electrons. The number of likely N-dealkylation sites (tertiary alicyclic amines) is 1. The van der Waals surface area contributed by atoms with Gasteiger partial charge in [0.15, 0.2) is 11.0 Å². The van der Waals surface area contributed by atoms with Crippen molar-refractivity contribution in [2.24, 2.45) is 0 Å². The fourth-order valence-corrected chi connectivity index (χ4v) is 2.30. The first-order chi connectivity index (χ1) is 9.08. The third-order valence-electron chi connectivity index (χ3n) is 3.18. The summed E-state index contributed by atoms with van der Waals surface area (Å²) in [5.41, 5.74) is 0. The second-order valence-electron chi connectivity index (χ2n) is 4.68. The van der Waals surface area contributed by atoms with Crippen molar-refractivity contribution in [1.82, 2.24) is 10.2 Å². The average Bonchev–Trinajstić information content (AvgIpc) is 2.85. The van der Waals surface area contributed by atoms with E-state index in [1.54, 1.807) is 11.8 Å². The molecule has 1 atom stereocenters. The van der Waals surface area contributed by atoms with Crippen LogP contribution in [0.2, 0.25) is 5.22 Å². The molecule has 0 aromatic carbocycles. The number of nitrogens with zero attached hydrogens (tertiary/aromatic N) is 1. The second kappa shape index (κ2) is 6.10. The standard InChI is InChI=1S/C13H17ClN2O3/c1-9(13(18)16-7-3-2-4-8-16)15-12(17)10-5-6-11(14)19-10/h5-6,9H,2-4,7-8H2,1H3,(H,15,17). The highest BCUT2D eigenvalue weighted by molar-refractivity contribution is 6.29. The molecular weight excluding hydrogens is 268 g/mol. The molecule has 0 aliphatic carbocycles. The van der Waals surface area contributed by atoms with Gasteiger partial charge in [-0.1, -0.05) is 0 Å². The van der Waals surface area contributed by atoms with E-state index >= 15 is 0 Å². The zero-order valence-corrected chi connectivity index (χ0v) is 11.6. The molecule has 6 heteroatoms. The van der Waals surface area contributed by atoms with E-state index in [0.717, 1.165) is 32.4 Å². The van der Waals surface area contributed by atoms with Crippen molar-refractivity contribution in [2.45, 2.75) is 32.2 Å². The Kier molecular flexibility index (Phi) is 4.47. The van der Waals surface area contributed by atoms with E-state index in [0.29, 0.717) is 0 Å². The molecule has 2 amide bonds. The van der Waals surface area contributed by atoms with Gasteiger partial charge in [-0.3, -0.25) is 9.59 Å². The van der Waals surface area contributed by atoms with Gasteiger partial charge in [-0.2, -0.15) is 0 Å². The molecule has 1 saturated heterocycles. The van der Waals surface area contributed by atoms with Crippen LogP contribution in [0.1, 0.15) is 36.7 Å². The zero-order valence-electron chi connectivity index (χ0n) is 10.8. The van der Waals surface area contributed by atoms with Crippen LogP contribution >= 0.6 is 11.6 Å². The highest BCUT2D eigenvalue weighted by atomic mass is 35.5. The lowest BCUT2D eigenvalue weighted by Crippen LogP contribution is -2.48. The smallest absolute Gasteiger partial charge is 0.287 e. The van der Waals surface area contributed by atoms with Crippen molar-refractivity contribution in [3.63, 3.8) is 0 Å². The molecule has 1 aliphatic rings.